The first-order valence-electron chi connectivity index (χ1n) is 11.1. The van der Waals surface area contributed by atoms with E-state index in [0.29, 0.717) is 11.1 Å². The molecule has 10 heteroatoms. The van der Waals surface area contributed by atoms with Gasteiger partial charge in [-0.25, -0.2) is 0 Å². The van der Waals surface area contributed by atoms with E-state index in [0.717, 1.165) is 11.1 Å². The summed E-state index contributed by atoms with van der Waals surface area (Å²) in [5.41, 5.74) is 2.79. The van der Waals surface area contributed by atoms with Crippen LogP contribution in [0.5, 0.6) is 0 Å². The Hall–Kier alpha value is -1.96. The van der Waals surface area contributed by atoms with Crippen LogP contribution in [-0.4, -0.2) is 103 Å². The first kappa shape index (κ1) is 25.1. The second kappa shape index (κ2) is 10.3. The number of hydrogen-bond acceptors (Lipinski definition) is 10. The van der Waals surface area contributed by atoms with Crippen LogP contribution in [0, 0.1) is 0 Å². The molecule has 0 bridgehead atoms. The zero-order valence-electron chi connectivity index (χ0n) is 18.2. The van der Waals surface area contributed by atoms with Gasteiger partial charge in [0, 0.05) is 0 Å². The van der Waals surface area contributed by atoms with Crippen LogP contribution in [0.25, 0.3) is 11.1 Å². The Balaban J connectivity index is 1.50. The Kier molecular flexibility index (Phi) is 7.65. The van der Waals surface area contributed by atoms with Crippen LogP contribution < -0.4 is 0 Å². The van der Waals surface area contributed by atoms with Gasteiger partial charge in [-0.1, -0.05) is 48.5 Å². The van der Waals surface area contributed by atoms with Crippen molar-refractivity contribution in [2.75, 3.05) is 13.2 Å². The molecule has 10 atom stereocenters. The quantitative estimate of drug-likeness (QED) is 0.249. The Bertz CT molecular complexity index is 854. The van der Waals surface area contributed by atoms with Crippen molar-refractivity contribution < 1.29 is 50.3 Å². The third kappa shape index (κ3) is 4.62. The fraction of sp³-hybridized carbons (Fsp3) is 0.500. The fourth-order valence-electron chi connectivity index (χ4n) is 4.48. The van der Waals surface area contributed by atoms with Crippen LogP contribution in [0.3, 0.4) is 0 Å². The monoisotopic (exact) mass is 478 g/mol. The smallest absolute Gasteiger partial charge is 0.113 e. The summed E-state index contributed by atoms with van der Waals surface area (Å²) in [5, 5.41) is 79.3. The molecule has 2 aromatic carbocycles. The van der Waals surface area contributed by atoms with Gasteiger partial charge in [-0.3, -0.25) is 0 Å². The Morgan fingerprint density at radius 3 is 1.09 bits per heavy atom. The van der Waals surface area contributed by atoms with E-state index in [2.05, 4.69) is 0 Å². The highest BCUT2D eigenvalue weighted by atomic mass is 16.6. The average molecular weight is 478 g/mol. The van der Waals surface area contributed by atoms with Crippen molar-refractivity contribution in [2.45, 2.75) is 61.0 Å². The zero-order valence-corrected chi connectivity index (χ0v) is 18.2. The van der Waals surface area contributed by atoms with Gasteiger partial charge < -0.3 is 50.3 Å². The van der Waals surface area contributed by atoms with Gasteiger partial charge >= 0.3 is 0 Å². The molecule has 0 spiro atoms. The first-order chi connectivity index (χ1) is 16.3. The number of aliphatic hydroxyl groups excluding tert-OH is 8. The maximum atomic E-state index is 10.3. The van der Waals surface area contributed by atoms with E-state index in [1.54, 1.807) is 48.5 Å². The third-order valence-electron chi connectivity index (χ3n) is 6.60. The molecule has 0 aromatic heterocycles. The molecule has 10 nitrogen and oxygen atoms in total. The molecule has 0 radical (unpaired) electrons. The molecule has 8 N–H and O–H groups in total. The Morgan fingerprint density at radius 1 is 0.471 bits per heavy atom. The Labute approximate surface area is 195 Å². The average Bonchev–Trinajstić information content (AvgIpc) is 2.87. The summed E-state index contributed by atoms with van der Waals surface area (Å²) in [6.07, 6.45) is -12.3. The van der Waals surface area contributed by atoms with Crippen molar-refractivity contribution in [3.63, 3.8) is 0 Å². The van der Waals surface area contributed by atoms with Crippen molar-refractivity contribution in [3.05, 3.63) is 59.7 Å². The van der Waals surface area contributed by atoms with Crippen LogP contribution in [-0.2, 0) is 9.47 Å². The van der Waals surface area contributed by atoms with Crippen molar-refractivity contribution in [2.24, 2.45) is 0 Å². The minimum Gasteiger partial charge on any atom is -0.394 e. The van der Waals surface area contributed by atoms with Gasteiger partial charge in [-0.15, -0.1) is 0 Å². The van der Waals surface area contributed by atoms with E-state index in [1.807, 2.05) is 0 Å². The Morgan fingerprint density at radius 2 is 0.794 bits per heavy atom. The van der Waals surface area contributed by atoms with Crippen molar-refractivity contribution in [1.82, 2.24) is 0 Å². The van der Waals surface area contributed by atoms with Gasteiger partial charge in [0.25, 0.3) is 0 Å². The molecule has 0 saturated carbocycles. The predicted octanol–water partition coefficient (Wildman–Crippen LogP) is -1.62. The molecule has 2 aliphatic rings. The summed E-state index contributed by atoms with van der Waals surface area (Å²) < 4.78 is 11.2. The van der Waals surface area contributed by atoms with E-state index in [-0.39, 0.29) is 0 Å². The maximum Gasteiger partial charge on any atom is 0.113 e. The highest BCUT2D eigenvalue weighted by Crippen LogP contribution is 2.35. The van der Waals surface area contributed by atoms with Gasteiger partial charge in [0.15, 0.2) is 0 Å². The number of ether oxygens (including phenoxy) is 2. The second-order valence-corrected chi connectivity index (χ2v) is 8.74. The summed E-state index contributed by atoms with van der Waals surface area (Å²) in [6, 6.07) is 14.0. The van der Waals surface area contributed by atoms with Crippen LogP contribution in [0.2, 0.25) is 0 Å². The lowest BCUT2D eigenvalue weighted by Crippen LogP contribution is -2.55. The highest BCUT2D eigenvalue weighted by molar-refractivity contribution is 5.64. The summed E-state index contributed by atoms with van der Waals surface area (Å²) in [4.78, 5) is 0. The molecular formula is C24H30O10. The summed E-state index contributed by atoms with van der Waals surface area (Å²) in [6.45, 7) is -0.999. The van der Waals surface area contributed by atoms with E-state index < -0.39 is 74.3 Å². The number of rotatable bonds is 5. The standard InChI is InChI=1S/C24H30O10/c25-9-15-17(27)19(29)21(31)23(33-15)13-5-1-11(2-6-13)12-3-7-14(8-4-12)24-22(32)20(30)18(28)16(10-26)34-24/h1-8,15-32H,9-10H2/t15?,16?,17-,18-,19?,20?,21?,22?,23-,24-/m1/s1. The van der Waals surface area contributed by atoms with Gasteiger partial charge in [0.05, 0.1) is 13.2 Å². The predicted molar refractivity (Wildman–Crippen MR) is 117 cm³/mol. The minimum absolute atomic E-state index is 0.500. The SMILES string of the molecule is OCC1O[C@H](c2ccc(-c3ccc([C@H]4OC(CO)[C@@H](O)C(O)C4O)cc3)cc2)C(O)C(O)[C@@H]1O. The summed E-state index contributed by atoms with van der Waals surface area (Å²) in [7, 11) is 0. The van der Waals surface area contributed by atoms with Crippen LogP contribution in [0.1, 0.15) is 23.3 Å². The number of hydrogen-bond donors (Lipinski definition) is 8. The van der Waals surface area contributed by atoms with Gasteiger partial charge in [0.2, 0.25) is 0 Å². The van der Waals surface area contributed by atoms with Gasteiger partial charge in [0.1, 0.15) is 61.0 Å². The second-order valence-electron chi connectivity index (χ2n) is 8.74. The van der Waals surface area contributed by atoms with Crippen molar-refractivity contribution in [3.8, 4) is 11.1 Å². The van der Waals surface area contributed by atoms with E-state index in [9.17, 15) is 40.9 Å². The zero-order chi connectivity index (χ0) is 24.6. The van der Waals surface area contributed by atoms with E-state index in [4.69, 9.17) is 9.47 Å². The van der Waals surface area contributed by atoms with Crippen molar-refractivity contribution >= 4 is 0 Å². The molecule has 6 unspecified atom stereocenters. The molecule has 186 valence electrons. The molecule has 2 aliphatic heterocycles. The maximum absolute atomic E-state index is 10.3. The van der Waals surface area contributed by atoms with E-state index >= 15 is 0 Å². The minimum atomic E-state index is -1.45. The largest absolute Gasteiger partial charge is 0.394 e. The molecule has 2 aromatic rings. The van der Waals surface area contributed by atoms with Crippen LogP contribution >= 0.6 is 0 Å². The number of aliphatic hydroxyl groups is 8. The van der Waals surface area contributed by atoms with Crippen molar-refractivity contribution in [1.29, 1.82) is 0 Å². The third-order valence-corrected chi connectivity index (χ3v) is 6.60. The van der Waals surface area contributed by atoms with E-state index in [1.165, 1.54) is 0 Å². The molecule has 4 rings (SSSR count). The topological polar surface area (TPSA) is 180 Å². The lowest BCUT2D eigenvalue weighted by atomic mass is 9.89. The fourth-order valence-corrected chi connectivity index (χ4v) is 4.48. The van der Waals surface area contributed by atoms with Gasteiger partial charge in [-0.05, 0) is 22.3 Å². The molecule has 2 fully saturated rings. The van der Waals surface area contributed by atoms with Gasteiger partial charge in [-0.2, -0.15) is 0 Å². The molecule has 0 aliphatic carbocycles. The molecular weight excluding hydrogens is 448 g/mol. The van der Waals surface area contributed by atoms with Crippen LogP contribution in [0.15, 0.2) is 48.5 Å². The molecule has 2 heterocycles. The highest BCUT2D eigenvalue weighted by Gasteiger charge is 2.45. The lowest BCUT2D eigenvalue weighted by Gasteiger charge is -2.40. The summed E-state index contributed by atoms with van der Waals surface area (Å²) >= 11 is 0. The lowest BCUT2D eigenvalue weighted by molar-refractivity contribution is -0.231. The molecule has 2 saturated heterocycles. The first-order valence-corrected chi connectivity index (χ1v) is 11.1. The normalized spacial score (nSPS) is 38.6. The van der Waals surface area contributed by atoms with Crippen LogP contribution in [0.4, 0.5) is 0 Å². The summed E-state index contributed by atoms with van der Waals surface area (Å²) in [5.74, 6) is 0. The molecule has 0 amide bonds. The molecule has 34 heavy (non-hydrogen) atoms. The number of benzene rings is 2.